The van der Waals surface area contributed by atoms with Crippen LogP contribution in [-0.4, -0.2) is 34.7 Å². The van der Waals surface area contributed by atoms with E-state index in [1.807, 2.05) is 12.1 Å². The molecule has 1 saturated heterocycles. The van der Waals surface area contributed by atoms with Crippen molar-refractivity contribution in [3.05, 3.63) is 77.1 Å². The lowest BCUT2D eigenvalue weighted by atomic mass is 9.69. The molecule has 3 aliphatic rings. The molecule has 0 radical (unpaired) electrons. The minimum Gasteiger partial charge on any atom is -0.361 e. The van der Waals surface area contributed by atoms with E-state index in [1.54, 1.807) is 12.1 Å². The van der Waals surface area contributed by atoms with E-state index in [0.29, 0.717) is 17.6 Å². The molecule has 39 heavy (non-hydrogen) atoms. The van der Waals surface area contributed by atoms with Crippen molar-refractivity contribution in [3.63, 3.8) is 0 Å². The molecule has 2 fully saturated rings. The van der Waals surface area contributed by atoms with Crippen molar-refractivity contribution >= 4 is 34.9 Å². The summed E-state index contributed by atoms with van der Waals surface area (Å²) in [4.78, 5) is 14.5. The topological polar surface area (TPSA) is 56.3 Å². The lowest BCUT2D eigenvalue weighted by molar-refractivity contribution is 0.292. The molecule has 204 valence electrons. The molecule has 6 nitrogen and oxygen atoms in total. The van der Waals surface area contributed by atoms with Gasteiger partial charge in [0.2, 0.25) is 5.95 Å². The molecule has 1 aromatic heterocycles. The van der Waals surface area contributed by atoms with Crippen LogP contribution >= 0.6 is 12.2 Å². The summed E-state index contributed by atoms with van der Waals surface area (Å²) in [5.41, 5.74) is 3.82. The predicted molar refractivity (Wildman–Crippen MR) is 160 cm³/mol. The minimum absolute atomic E-state index is 0.0549. The number of thiocarbonyl (C=S) groups is 1. The van der Waals surface area contributed by atoms with Crippen LogP contribution < -0.4 is 20.4 Å². The van der Waals surface area contributed by atoms with Gasteiger partial charge in [0.15, 0.2) is 5.11 Å². The fraction of sp³-hybridized carbons (Fsp3) is 0.452. The molecule has 0 amide bonds. The van der Waals surface area contributed by atoms with Gasteiger partial charge in [-0.15, -0.1) is 0 Å². The van der Waals surface area contributed by atoms with E-state index in [2.05, 4.69) is 50.8 Å². The van der Waals surface area contributed by atoms with Crippen LogP contribution in [0.4, 0.5) is 22.0 Å². The molecule has 6 rings (SSSR count). The first-order chi connectivity index (χ1) is 19.1. The van der Waals surface area contributed by atoms with E-state index in [1.165, 1.54) is 55.2 Å². The Kier molecular flexibility index (Phi) is 7.64. The maximum atomic E-state index is 13.7. The molecular formula is C31H37FN6S. The van der Waals surface area contributed by atoms with Gasteiger partial charge >= 0.3 is 0 Å². The number of aromatic nitrogens is 2. The Morgan fingerprint density at radius 2 is 1.44 bits per heavy atom. The zero-order valence-corrected chi connectivity index (χ0v) is 23.3. The average molecular weight is 545 g/mol. The third-order valence-corrected chi connectivity index (χ3v) is 8.87. The summed E-state index contributed by atoms with van der Waals surface area (Å²) in [6, 6.07) is 17.7. The monoisotopic (exact) mass is 544 g/mol. The molecule has 2 aliphatic heterocycles. The zero-order chi connectivity index (χ0) is 26.7. The Hall–Kier alpha value is -3.26. The van der Waals surface area contributed by atoms with Crippen LogP contribution in [0.1, 0.15) is 68.1 Å². The standard InChI is InChI=1S/C31H37FN6S/c32-26-13-11-25(12-14-26)31(15-5-1-6-16-31)22-33-30(39)36-29-34-27(37-17-7-2-8-18-37)19-28(35-29)38-20-23-9-3-4-10-24(23)21-38/h3-4,9-14,19H,1-2,5-8,15-18,20-22H2,(H2,33,34,35,36,39). The molecule has 2 aromatic carbocycles. The van der Waals surface area contributed by atoms with Crippen LogP contribution in [0.3, 0.4) is 0 Å². The largest absolute Gasteiger partial charge is 0.361 e. The summed E-state index contributed by atoms with van der Waals surface area (Å²) in [7, 11) is 0. The Labute approximate surface area is 236 Å². The summed E-state index contributed by atoms with van der Waals surface area (Å²) >= 11 is 5.77. The van der Waals surface area contributed by atoms with Gasteiger partial charge in [0.25, 0.3) is 0 Å². The Bertz CT molecular complexity index is 1280. The van der Waals surface area contributed by atoms with E-state index in [0.717, 1.165) is 50.7 Å². The van der Waals surface area contributed by atoms with Gasteiger partial charge in [0, 0.05) is 44.2 Å². The maximum Gasteiger partial charge on any atom is 0.232 e. The second-order valence-corrected chi connectivity index (χ2v) is 11.6. The average Bonchev–Trinajstić information content (AvgIpc) is 3.42. The van der Waals surface area contributed by atoms with E-state index in [9.17, 15) is 4.39 Å². The molecule has 1 saturated carbocycles. The van der Waals surface area contributed by atoms with Gasteiger partial charge in [0.1, 0.15) is 17.5 Å². The van der Waals surface area contributed by atoms with Crippen molar-refractivity contribution in [1.82, 2.24) is 15.3 Å². The molecular weight excluding hydrogens is 507 g/mol. The van der Waals surface area contributed by atoms with Gasteiger partial charge in [-0.3, -0.25) is 0 Å². The number of hydrogen-bond acceptors (Lipinski definition) is 5. The van der Waals surface area contributed by atoms with Gasteiger partial charge in [-0.1, -0.05) is 55.7 Å². The van der Waals surface area contributed by atoms with Crippen LogP contribution in [0, 0.1) is 5.82 Å². The molecule has 8 heteroatoms. The van der Waals surface area contributed by atoms with Crippen LogP contribution in [-0.2, 0) is 18.5 Å². The summed E-state index contributed by atoms with van der Waals surface area (Å²) in [6.07, 6.45) is 9.34. The number of nitrogens with one attached hydrogen (secondary N) is 2. The SMILES string of the molecule is Fc1ccc(C2(CNC(=S)Nc3nc(N4CCCCC4)cc(N4Cc5ccccc5C4)n3)CCCCC2)cc1. The Morgan fingerprint density at radius 3 is 2.10 bits per heavy atom. The van der Waals surface area contributed by atoms with Gasteiger partial charge in [-0.25, -0.2) is 4.39 Å². The number of halogens is 1. The molecule has 2 N–H and O–H groups in total. The lowest BCUT2D eigenvalue weighted by Crippen LogP contribution is -2.43. The first-order valence-corrected chi connectivity index (χ1v) is 14.8. The number of nitrogens with zero attached hydrogens (tertiary/aromatic N) is 4. The number of anilines is 3. The van der Waals surface area contributed by atoms with E-state index in [4.69, 9.17) is 22.2 Å². The van der Waals surface area contributed by atoms with Gasteiger partial charge in [-0.2, -0.15) is 9.97 Å². The second kappa shape index (κ2) is 11.5. The smallest absolute Gasteiger partial charge is 0.232 e. The number of hydrogen-bond donors (Lipinski definition) is 2. The fourth-order valence-corrected chi connectivity index (χ4v) is 6.58. The van der Waals surface area contributed by atoms with Crippen molar-refractivity contribution in [3.8, 4) is 0 Å². The fourth-order valence-electron chi connectivity index (χ4n) is 6.41. The third-order valence-electron chi connectivity index (χ3n) is 8.62. The summed E-state index contributed by atoms with van der Waals surface area (Å²) in [6.45, 7) is 4.41. The number of fused-ring (bicyclic) bond motifs is 1. The summed E-state index contributed by atoms with van der Waals surface area (Å²) in [5, 5.41) is 7.31. The normalized spacial score (nSPS) is 18.5. The maximum absolute atomic E-state index is 13.7. The van der Waals surface area contributed by atoms with Gasteiger partial charge in [-0.05, 0) is 73.1 Å². The van der Waals surface area contributed by atoms with Crippen molar-refractivity contribution in [2.75, 3.05) is 34.8 Å². The summed E-state index contributed by atoms with van der Waals surface area (Å²) in [5.74, 6) is 2.21. The Morgan fingerprint density at radius 1 is 0.821 bits per heavy atom. The van der Waals surface area contributed by atoms with Crippen LogP contribution in [0.15, 0.2) is 54.6 Å². The lowest BCUT2D eigenvalue weighted by Gasteiger charge is -2.38. The molecule has 0 unspecified atom stereocenters. The van der Waals surface area contributed by atoms with Crippen LogP contribution in [0.2, 0.25) is 0 Å². The van der Waals surface area contributed by atoms with Crippen molar-refractivity contribution in [2.24, 2.45) is 0 Å². The third kappa shape index (κ3) is 5.86. The zero-order valence-electron chi connectivity index (χ0n) is 22.5. The second-order valence-electron chi connectivity index (χ2n) is 11.2. The summed E-state index contributed by atoms with van der Waals surface area (Å²) < 4.78 is 13.7. The quantitative estimate of drug-likeness (QED) is 0.353. The highest BCUT2D eigenvalue weighted by molar-refractivity contribution is 7.80. The van der Waals surface area contributed by atoms with E-state index >= 15 is 0 Å². The molecule has 0 bridgehead atoms. The predicted octanol–water partition coefficient (Wildman–Crippen LogP) is 6.31. The minimum atomic E-state index is -0.197. The van der Waals surface area contributed by atoms with Crippen molar-refractivity contribution in [1.29, 1.82) is 0 Å². The molecule has 1 aliphatic carbocycles. The van der Waals surface area contributed by atoms with E-state index < -0.39 is 0 Å². The van der Waals surface area contributed by atoms with Crippen molar-refractivity contribution in [2.45, 2.75) is 69.9 Å². The highest BCUT2D eigenvalue weighted by Crippen LogP contribution is 2.39. The molecule has 3 aromatic rings. The first kappa shape index (κ1) is 26.0. The highest BCUT2D eigenvalue weighted by atomic mass is 32.1. The number of piperidine rings is 1. The van der Waals surface area contributed by atoms with Crippen molar-refractivity contribution < 1.29 is 4.39 Å². The molecule has 0 atom stereocenters. The molecule has 0 spiro atoms. The van der Waals surface area contributed by atoms with Gasteiger partial charge in [0.05, 0.1) is 0 Å². The number of rotatable bonds is 6. The van der Waals surface area contributed by atoms with Crippen LogP contribution in [0.25, 0.3) is 0 Å². The molecule has 3 heterocycles. The Balaban J connectivity index is 1.20. The van der Waals surface area contributed by atoms with Crippen LogP contribution in [0.5, 0.6) is 0 Å². The first-order valence-electron chi connectivity index (χ1n) is 14.3. The highest BCUT2D eigenvalue weighted by Gasteiger charge is 2.34. The van der Waals surface area contributed by atoms with Gasteiger partial charge < -0.3 is 20.4 Å². The number of benzene rings is 2. The van der Waals surface area contributed by atoms with E-state index in [-0.39, 0.29) is 11.2 Å².